The summed E-state index contributed by atoms with van der Waals surface area (Å²) in [6.45, 7) is 3.66. The van der Waals surface area contributed by atoms with Crippen molar-refractivity contribution in [2.24, 2.45) is 0 Å². The number of allylic oxidation sites excluding steroid dienone is 1. The van der Waals surface area contributed by atoms with E-state index in [0.717, 1.165) is 4.57 Å². The predicted molar refractivity (Wildman–Crippen MR) is 51.2 cm³/mol. The van der Waals surface area contributed by atoms with Crippen LogP contribution < -0.4 is 11.2 Å². The summed E-state index contributed by atoms with van der Waals surface area (Å²) in [5.74, 6) is 0. The minimum absolute atomic E-state index is 0.190. The van der Waals surface area contributed by atoms with Gasteiger partial charge in [-0.15, -0.1) is 6.58 Å². The maximum absolute atomic E-state index is 11.6. The van der Waals surface area contributed by atoms with Gasteiger partial charge in [0.2, 0.25) is 0 Å². The molecule has 0 saturated carbocycles. The van der Waals surface area contributed by atoms with Crippen LogP contribution in [-0.2, 0) is 6.54 Å². The van der Waals surface area contributed by atoms with Crippen molar-refractivity contribution in [1.82, 2.24) is 19.7 Å². The van der Waals surface area contributed by atoms with Crippen molar-refractivity contribution < 1.29 is 0 Å². The summed E-state index contributed by atoms with van der Waals surface area (Å²) in [6, 6.07) is 0. The highest BCUT2D eigenvalue weighted by Gasteiger charge is 2.06. The van der Waals surface area contributed by atoms with Crippen LogP contribution in [0.5, 0.6) is 0 Å². The number of hydrogen-bond acceptors (Lipinski definition) is 3. The minimum Gasteiger partial charge on any atom is -0.292 e. The van der Waals surface area contributed by atoms with Crippen LogP contribution in [0.4, 0.5) is 0 Å². The molecule has 72 valence electrons. The zero-order valence-corrected chi connectivity index (χ0v) is 7.28. The second kappa shape index (κ2) is 2.99. The Balaban J connectivity index is 2.89. The van der Waals surface area contributed by atoms with E-state index in [1.807, 2.05) is 0 Å². The third-order valence-electron chi connectivity index (χ3n) is 1.90. The van der Waals surface area contributed by atoms with Crippen molar-refractivity contribution in [2.75, 3.05) is 0 Å². The first kappa shape index (κ1) is 8.49. The predicted octanol–water partition coefficient (Wildman–Crippen LogP) is -0.401. The van der Waals surface area contributed by atoms with Crippen molar-refractivity contribution in [2.45, 2.75) is 6.54 Å². The standard InChI is InChI=1S/C8H8N4O2/c1-2-3-12-7(13)5-4-9-11-6(5)10-8(12)14/h2,4H,1,3H2,(H2,9,10,11,14). The molecular formula is C8H8N4O2. The summed E-state index contributed by atoms with van der Waals surface area (Å²) in [7, 11) is 0. The molecule has 2 aromatic rings. The highest BCUT2D eigenvalue weighted by molar-refractivity contribution is 5.71. The van der Waals surface area contributed by atoms with Gasteiger partial charge in [-0.05, 0) is 0 Å². The number of rotatable bonds is 2. The number of aromatic amines is 2. The van der Waals surface area contributed by atoms with Gasteiger partial charge < -0.3 is 0 Å². The minimum atomic E-state index is -0.466. The van der Waals surface area contributed by atoms with Crippen molar-refractivity contribution in [3.05, 3.63) is 39.7 Å². The number of fused-ring (bicyclic) bond motifs is 1. The smallest absolute Gasteiger partial charge is 0.292 e. The van der Waals surface area contributed by atoms with Crippen LogP contribution in [0, 0.1) is 0 Å². The number of nitrogens with zero attached hydrogens (tertiary/aromatic N) is 2. The monoisotopic (exact) mass is 192 g/mol. The van der Waals surface area contributed by atoms with E-state index in [1.165, 1.54) is 12.3 Å². The van der Waals surface area contributed by atoms with E-state index < -0.39 is 5.69 Å². The molecule has 0 bridgehead atoms. The van der Waals surface area contributed by atoms with Gasteiger partial charge in [-0.3, -0.25) is 19.4 Å². The van der Waals surface area contributed by atoms with E-state index in [2.05, 4.69) is 21.8 Å². The highest BCUT2D eigenvalue weighted by atomic mass is 16.2. The van der Waals surface area contributed by atoms with Crippen LogP contribution >= 0.6 is 0 Å². The van der Waals surface area contributed by atoms with Crippen LogP contribution in [0.15, 0.2) is 28.4 Å². The van der Waals surface area contributed by atoms with E-state index in [-0.39, 0.29) is 12.1 Å². The van der Waals surface area contributed by atoms with E-state index in [1.54, 1.807) is 0 Å². The van der Waals surface area contributed by atoms with Crippen molar-refractivity contribution >= 4 is 11.0 Å². The van der Waals surface area contributed by atoms with E-state index in [4.69, 9.17) is 0 Å². The molecule has 0 amide bonds. The largest absolute Gasteiger partial charge is 0.330 e. The fourth-order valence-corrected chi connectivity index (χ4v) is 1.25. The van der Waals surface area contributed by atoms with Crippen molar-refractivity contribution in [1.29, 1.82) is 0 Å². The summed E-state index contributed by atoms with van der Waals surface area (Å²) in [5.41, 5.74) is -0.482. The molecule has 6 nitrogen and oxygen atoms in total. The first-order chi connectivity index (χ1) is 6.74. The highest BCUT2D eigenvalue weighted by Crippen LogP contribution is 1.96. The summed E-state index contributed by atoms with van der Waals surface area (Å²) in [6.07, 6.45) is 2.87. The van der Waals surface area contributed by atoms with E-state index in [9.17, 15) is 9.59 Å². The van der Waals surface area contributed by atoms with Crippen LogP contribution in [0.2, 0.25) is 0 Å². The Morgan fingerprint density at radius 3 is 3.07 bits per heavy atom. The Morgan fingerprint density at radius 1 is 1.57 bits per heavy atom. The molecule has 0 atom stereocenters. The average molecular weight is 192 g/mol. The lowest BCUT2D eigenvalue weighted by atomic mass is 10.4. The Labute approximate surface area is 77.9 Å². The molecule has 0 unspecified atom stereocenters. The molecule has 0 aliphatic heterocycles. The Morgan fingerprint density at radius 2 is 2.36 bits per heavy atom. The summed E-state index contributed by atoms with van der Waals surface area (Å²) < 4.78 is 1.06. The normalized spacial score (nSPS) is 10.6. The van der Waals surface area contributed by atoms with Gasteiger partial charge in [0.1, 0.15) is 11.0 Å². The van der Waals surface area contributed by atoms with Crippen LogP contribution in [0.3, 0.4) is 0 Å². The molecule has 0 fully saturated rings. The Bertz CT molecular complexity index is 589. The van der Waals surface area contributed by atoms with Crippen LogP contribution in [0.25, 0.3) is 11.0 Å². The van der Waals surface area contributed by atoms with Gasteiger partial charge in [-0.25, -0.2) is 4.79 Å². The number of aromatic nitrogens is 4. The van der Waals surface area contributed by atoms with E-state index in [0.29, 0.717) is 11.0 Å². The average Bonchev–Trinajstić information content (AvgIpc) is 2.60. The lowest BCUT2D eigenvalue weighted by Crippen LogP contribution is -2.34. The quantitative estimate of drug-likeness (QED) is 0.635. The van der Waals surface area contributed by atoms with Gasteiger partial charge >= 0.3 is 5.69 Å². The summed E-state index contributed by atoms with van der Waals surface area (Å²) >= 11 is 0. The molecule has 2 aromatic heterocycles. The number of H-pyrrole nitrogens is 2. The Hall–Kier alpha value is -2.11. The van der Waals surface area contributed by atoms with Gasteiger partial charge in [-0.1, -0.05) is 6.08 Å². The van der Waals surface area contributed by atoms with Crippen molar-refractivity contribution in [3.63, 3.8) is 0 Å². The third kappa shape index (κ3) is 1.08. The van der Waals surface area contributed by atoms with Crippen LogP contribution in [-0.4, -0.2) is 19.7 Å². The van der Waals surface area contributed by atoms with Gasteiger partial charge in [0.15, 0.2) is 0 Å². The fraction of sp³-hybridized carbons (Fsp3) is 0.125. The van der Waals surface area contributed by atoms with Gasteiger partial charge in [-0.2, -0.15) is 5.10 Å². The lowest BCUT2D eigenvalue weighted by molar-refractivity contribution is 0.727. The lowest BCUT2D eigenvalue weighted by Gasteiger charge is -1.98. The third-order valence-corrected chi connectivity index (χ3v) is 1.90. The molecule has 2 N–H and O–H groups in total. The SMILES string of the molecule is C=CCn1c(=O)[nH]c2[nH]ncc2c1=O. The van der Waals surface area contributed by atoms with Gasteiger partial charge in [0.05, 0.1) is 6.20 Å². The first-order valence-electron chi connectivity index (χ1n) is 4.01. The molecule has 6 heteroatoms. The van der Waals surface area contributed by atoms with Crippen LogP contribution in [0.1, 0.15) is 0 Å². The molecule has 0 aromatic carbocycles. The van der Waals surface area contributed by atoms with Crippen molar-refractivity contribution in [3.8, 4) is 0 Å². The topological polar surface area (TPSA) is 83.5 Å². The summed E-state index contributed by atoms with van der Waals surface area (Å²) in [4.78, 5) is 25.5. The molecule has 0 spiro atoms. The molecule has 2 heterocycles. The zero-order valence-electron chi connectivity index (χ0n) is 7.28. The molecule has 14 heavy (non-hydrogen) atoms. The number of nitrogens with one attached hydrogen (secondary N) is 2. The molecule has 0 radical (unpaired) electrons. The second-order valence-corrected chi connectivity index (χ2v) is 2.79. The Kier molecular flexibility index (Phi) is 1.81. The fourth-order valence-electron chi connectivity index (χ4n) is 1.25. The maximum Gasteiger partial charge on any atom is 0.330 e. The molecule has 0 saturated heterocycles. The molecule has 0 aliphatic rings. The number of hydrogen-bond donors (Lipinski definition) is 2. The molecular weight excluding hydrogens is 184 g/mol. The van der Waals surface area contributed by atoms with Gasteiger partial charge in [0, 0.05) is 6.54 Å². The second-order valence-electron chi connectivity index (χ2n) is 2.79. The van der Waals surface area contributed by atoms with Gasteiger partial charge in [0.25, 0.3) is 5.56 Å². The zero-order chi connectivity index (χ0) is 10.1. The molecule has 0 aliphatic carbocycles. The van der Waals surface area contributed by atoms with E-state index >= 15 is 0 Å². The molecule has 2 rings (SSSR count). The first-order valence-corrected chi connectivity index (χ1v) is 4.01. The summed E-state index contributed by atoms with van der Waals surface area (Å²) in [5, 5.41) is 6.56. The maximum atomic E-state index is 11.6.